The number of hydrogen-bond donors (Lipinski definition) is 1. The molecule has 1 spiro atoms. The first-order valence-corrected chi connectivity index (χ1v) is 10.3. The molecule has 0 radical (unpaired) electrons. The molecule has 154 valence electrons. The monoisotopic (exact) mass is 404 g/mol. The molecule has 4 heterocycles. The minimum Gasteiger partial charge on any atom is -0.338 e. The normalized spacial score (nSPS) is 17.3. The third-order valence-electron chi connectivity index (χ3n) is 6.78. The molecule has 8 heteroatoms. The van der Waals surface area contributed by atoms with Crippen molar-refractivity contribution in [2.45, 2.75) is 38.0 Å². The molecule has 1 aliphatic heterocycles. The second kappa shape index (κ2) is 6.90. The van der Waals surface area contributed by atoms with Gasteiger partial charge in [-0.05, 0) is 44.7 Å². The number of pyridine rings is 1. The number of aryl methyl sites for hydroxylation is 1. The van der Waals surface area contributed by atoms with E-state index >= 15 is 0 Å². The molecule has 1 saturated heterocycles. The first-order chi connectivity index (χ1) is 14.5. The first kappa shape index (κ1) is 18.7. The number of amides is 1. The van der Waals surface area contributed by atoms with Gasteiger partial charge in [-0.1, -0.05) is 0 Å². The summed E-state index contributed by atoms with van der Waals surface area (Å²) in [5.74, 6) is 0.598. The van der Waals surface area contributed by atoms with Crippen LogP contribution in [0.3, 0.4) is 0 Å². The van der Waals surface area contributed by atoms with Crippen molar-refractivity contribution in [2.24, 2.45) is 7.05 Å². The maximum absolute atomic E-state index is 13.0. The maximum Gasteiger partial charge on any atom is 0.257 e. The minimum atomic E-state index is -0.138. The van der Waals surface area contributed by atoms with E-state index in [1.807, 2.05) is 31.0 Å². The van der Waals surface area contributed by atoms with Crippen molar-refractivity contribution < 1.29 is 4.79 Å². The predicted octanol–water partition coefficient (Wildman–Crippen LogP) is 1.99. The van der Waals surface area contributed by atoms with E-state index in [0.717, 1.165) is 48.2 Å². The number of likely N-dealkylation sites (tertiary alicyclic amines) is 1. The highest BCUT2D eigenvalue weighted by Gasteiger charge is 2.44. The largest absolute Gasteiger partial charge is 0.338 e. The highest BCUT2D eigenvalue weighted by Crippen LogP contribution is 2.44. The Kier molecular flexibility index (Phi) is 4.30. The average Bonchev–Trinajstić information content (AvgIpc) is 3.29. The zero-order chi connectivity index (χ0) is 20.9. The van der Waals surface area contributed by atoms with Gasteiger partial charge in [-0.3, -0.25) is 19.3 Å². The van der Waals surface area contributed by atoms with Crippen LogP contribution in [-0.4, -0.2) is 48.6 Å². The highest BCUT2D eigenvalue weighted by atomic mass is 16.2. The molecular formula is C22H24N6O2. The summed E-state index contributed by atoms with van der Waals surface area (Å²) in [4.78, 5) is 39.6. The summed E-state index contributed by atoms with van der Waals surface area (Å²) >= 11 is 0. The molecule has 0 aromatic carbocycles. The zero-order valence-electron chi connectivity index (χ0n) is 17.2. The summed E-state index contributed by atoms with van der Waals surface area (Å²) in [5.41, 5.74) is 3.86. The van der Waals surface area contributed by atoms with Crippen LogP contribution in [0.2, 0.25) is 0 Å². The number of nitrogens with zero attached hydrogens (tertiary/aromatic N) is 5. The van der Waals surface area contributed by atoms with Crippen LogP contribution in [0.25, 0.3) is 11.4 Å². The van der Waals surface area contributed by atoms with E-state index < -0.39 is 0 Å². The number of piperidine rings is 1. The van der Waals surface area contributed by atoms with Crippen molar-refractivity contribution in [3.8, 4) is 11.4 Å². The van der Waals surface area contributed by atoms with Crippen molar-refractivity contribution >= 4 is 5.91 Å². The smallest absolute Gasteiger partial charge is 0.257 e. The van der Waals surface area contributed by atoms with Crippen molar-refractivity contribution in [3.63, 3.8) is 0 Å². The molecule has 8 nitrogen and oxygen atoms in total. The van der Waals surface area contributed by atoms with Crippen LogP contribution < -0.4 is 5.56 Å². The summed E-state index contributed by atoms with van der Waals surface area (Å²) in [5, 5.41) is 4.20. The lowest BCUT2D eigenvalue weighted by Gasteiger charge is -2.39. The number of H-pyrrole nitrogens is 1. The fraction of sp³-hybridized carbons (Fsp3) is 0.409. The van der Waals surface area contributed by atoms with Gasteiger partial charge in [0.1, 0.15) is 5.82 Å². The maximum atomic E-state index is 13.0. The third kappa shape index (κ3) is 2.86. The van der Waals surface area contributed by atoms with Gasteiger partial charge < -0.3 is 9.88 Å². The van der Waals surface area contributed by atoms with E-state index in [9.17, 15) is 9.59 Å². The van der Waals surface area contributed by atoms with Crippen LogP contribution in [0.5, 0.6) is 0 Å². The van der Waals surface area contributed by atoms with Gasteiger partial charge in [0.2, 0.25) is 0 Å². The molecule has 3 aromatic rings. The Balaban J connectivity index is 1.42. The number of rotatable bonds is 2. The van der Waals surface area contributed by atoms with Crippen molar-refractivity contribution in [3.05, 3.63) is 63.6 Å². The Morgan fingerprint density at radius 3 is 2.67 bits per heavy atom. The van der Waals surface area contributed by atoms with Gasteiger partial charge in [0.25, 0.3) is 11.5 Å². The number of aromatic nitrogens is 5. The van der Waals surface area contributed by atoms with Gasteiger partial charge in [-0.25, -0.2) is 4.98 Å². The number of hydrogen-bond acceptors (Lipinski definition) is 5. The van der Waals surface area contributed by atoms with Crippen LogP contribution in [0.15, 0.2) is 35.5 Å². The summed E-state index contributed by atoms with van der Waals surface area (Å²) < 4.78 is 1.72. The molecule has 1 aliphatic carbocycles. The molecule has 2 aliphatic rings. The molecule has 5 rings (SSSR count). The molecule has 1 N–H and O–H groups in total. The molecule has 3 aromatic heterocycles. The molecule has 0 atom stereocenters. The van der Waals surface area contributed by atoms with E-state index in [4.69, 9.17) is 4.98 Å². The van der Waals surface area contributed by atoms with Crippen molar-refractivity contribution in [1.82, 2.24) is 29.6 Å². The second-order valence-electron chi connectivity index (χ2n) is 8.32. The van der Waals surface area contributed by atoms with Gasteiger partial charge in [0, 0.05) is 54.8 Å². The predicted molar refractivity (Wildman–Crippen MR) is 111 cm³/mol. The minimum absolute atomic E-state index is 0.0311. The Morgan fingerprint density at radius 1 is 1.20 bits per heavy atom. The molecule has 30 heavy (non-hydrogen) atoms. The number of fused-ring (bicyclic) bond motifs is 2. The molecule has 0 unspecified atom stereocenters. The number of aromatic amines is 1. The Labute approximate surface area is 174 Å². The van der Waals surface area contributed by atoms with Gasteiger partial charge >= 0.3 is 0 Å². The van der Waals surface area contributed by atoms with E-state index in [-0.39, 0.29) is 16.9 Å². The lowest BCUT2D eigenvalue weighted by molar-refractivity contribution is 0.0662. The summed E-state index contributed by atoms with van der Waals surface area (Å²) in [6, 6.07) is 3.74. The number of nitrogens with one attached hydrogen (secondary N) is 1. The SMILES string of the molecule is Cc1c(C(=O)N2CCC3(CCc4c3nc(-c3cccnc3)[nH]c4=O)CC2)cnn1C. The van der Waals surface area contributed by atoms with E-state index in [1.54, 1.807) is 23.3 Å². The third-order valence-corrected chi connectivity index (χ3v) is 6.78. The first-order valence-electron chi connectivity index (χ1n) is 10.3. The van der Waals surface area contributed by atoms with Crippen molar-refractivity contribution in [2.75, 3.05) is 13.1 Å². The average molecular weight is 404 g/mol. The summed E-state index contributed by atoms with van der Waals surface area (Å²) in [6.07, 6.45) is 8.33. The molecule has 1 fully saturated rings. The topological polar surface area (TPSA) is 96.8 Å². The molecule has 1 amide bonds. The van der Waals surface area contributed by atoms with Crippen LogP contribution in [0.4, 0.5) is 0 Å². The zero-order valence-corrected chi connectivity index (χ0v) is 17.2. The van der Waals surface area contributed by atoms with Crippen molar-refractivity contribution in [1.29, 1.82) is 0 Å². The van der Waals surface area contributed by atoms with E-state index in [0.29, 0.717) is 24.5 Å². The standard InChI is InChI=1S/C22H24N6O2/c1-14-17(13-24-27(14)2)21(30)28-10-7-22(8-11-28)6-5-16-18(22)25-19(26-20(16)29)15-4-3-9-23-12-15/h3-4,9,12-13H,5-8,10-11H2,1-2H3,(H,25,26,29). The van der Waals surface area contributed by atoms with E-state index in [1.165, 1.54) is 0 Å². The van der Waals surface area contributed by atoms with Gasteiger partial charge in [-0.15, -0.1) is 0 Å². The lowest BCUT2D eigenvalue weighted by Crippen LogP contribution is -2.45. The fourth-order valence-corrected chi connectivity index (χ4v) is 4.79. The molecular weight excluding hydrogens is 380 g/mol. The van der Waals surface area contributed by atoms with Crippen LogP contribution in [0, 0.1) is 6.92 Å². The molecule has 0 bridgehead atoms. The van der Waals surface area contributed by atoms with E-state index in [2.05, 4.69) is 15.1 Å². The summed E-state index contributed by atoms with van der Waals surface area (Å²) in [6.45, 7) is 3.22. The Morgan fingerprint density at radius 2 is 2.00 bits per heavy atom. The fourth-order valence-electron chi connectivity index (χ4n) is 4.79. The summed E-state index contributed by atoms with van der Waals surface area (Å²) in [7, 11) is 1.84. The van der Waals surface area contributed by atoms with Crippen LogP contribution in [-0.2, 0) is 18.9 Å². The number of carbonyl (C=O) groups is 1. The Hall–Kier alpha value is -3.29. The van der Waals surface area contributed by atoms with Gasteiger partial charge in [0.15, 0.2) is 0 Å². The number of carbonyl (C=O) groups excluding carboxylic acids is 1. The quantitative estimate of drug-likeness (QED) is 0.705. The lowest BCUT2D eigenvalue weighted by atomic mass is 9.76. The molecule has 0 saturated carbocycles. The highest BCUT2D eigenvalue weighted by molar-refractivity contribution is 5.95. The van der Waals surface area contributed by atoms with Crippen LogP contribution >= 0.6 is 0 Å². The van der Waals surface area contributed by atoms with Crippen LogP contribution in [0.1, 0.15) is 46.6 Å². The second-order valence-corrected chi connectivity index (χ2v) is 8.32. The van der Waals surface area contributed by atoms with Gasteiger partial charge in [-0.2, -0.15) is 5.10 Å². The Bertz CT molecular complexity index is 1170. The van der Waals surface area contributed by atoms with Gasteiger partial charge in [0.05, 0.1) is 17.5 Å².